The van der Waals surface area contributed by atoms with Gasteiger partial charge < -0.3 is 14.0 Å². The van der Waals surface area contributed by atoms with E-state index in [-0.39, 0.29) is 5.75 Å². The van der Waals surface area contributed by atoms with Gasteiger partial charge in [0.05, 0.1) is 23.7 Å². The summed E-state index contributed by atoms with van der Waals surface area (Å²) in [6, 6.07) is 10.4. The van der Waals surface area contributed by atoms with Crippen LogP contribution in [0.2, 0.25) is 0 Å². The van der Waals surface area contributed by atoms with Gasteiger partial charge in [0, 0.05) is 12.6 Å². The standard InChI is InChI=1S/C17H13F3N2O3/c1-22-14-9-11(16(23)24-2)5-8-13(14)21-15(22)10-3-6-12(7-4-10)25-17(18,19)20/h3-9H,1-2H3. The number of hydrogen-bond donors (Lipinski definition) is 0. The van der Waals surface area contributed by atoms with Gasteiger partial charge in [0.25, 0.3) is 0 Å². The first-order chi connectivity index (χ1) is 11.8. The third-order valence-electron chi connectivity index (χ3n) is 3.65. The molecule has 1 aromatic heterocycles. The van der Waals surface area contributed by atoms with Crippen molar-refractivity contribution >= 4 is 17.0 Å². The third-order valence-corrected chi connectivity index (χ3v) is 3.65. The average Bonchev–Trinajstić information content (AvgIpc) is 2.90. The highest BCUT2D eigenvalue weighted by molar-refractivity contribution is 5.94. The second-order valence-corrected chi connectivity index (χ2v) is 5.26. The van der Waals surface area contributed by atoms with Crippen molar-refractivity contribution in [1.29, 1.82) is 0 Å². The van der Waals surface area contributed by atoms with Crippen molar-refractivity contribution in [2.75, 3.05) is 7.11 Å². The van der Waals surface area contributed by atoms with E-state index in [0.29, 0.717) is 28.0 Å². The number of ether oxygens (including phenoxy) is 2. The van der Waals surface area contributed by atoms with Crippen molar-refractivity contribution in [2.45, 2.75) is 6.36 Å². The molecule has 0 fully saturated rings. The summed E-state index contributed by atoms with van der Waals surface area (Å²) in [6.45, 7) is 0. The maximum absolute atomic E-state index is 12.2. The number of rotatable bonds is 3. The van der Waals surface area contributed by atoms with Gasteiger partial charge in [-0.25, -0.2) is 9.78 Å². The fourth-order valence-corrected chi connectivity index (χ4v) is 2.50. The van der Waals surface area contributed by atoms with E-state index in [1.807, 2.05) is 0 Å². The number of imidazole rings is 1. The Hall–Kier alpha value is -3.03. The molecule has 8 heteroatoms. The van der Waals surface area contributed by atoms with Crippen LogP contribution in [0.25, 0.3) is 22.4 Å². The second-order valence-electron chi connectivity index (χ2n) is 5.26. The van der Waals surface area contributed by atoms with E-state index >= 15 is 0 Å². The van der Waals surface area contributed by atoms with Crippen molar-refractivity contribution in [2.24, 2.45) is 7.05 Å². The van der Waals surface area contributed by atoms with Crippen molar-refractivity contribution in [3.63, 3.8) is 0 Å². The van der Waals surface area contributed by atoms with E-state index in [4.69, 9.17) is 4.74 Å². The summed E-state index contributed by atoms with van der Waals surface area (Å²) in [7, 11) is 3.05. The lowest BCUT2D eigenvalue weighted by atomic mass is 10.2. The lowest BCUT2D eigenvalue weighted by Gasteiger charge is -2.09. The Morgan fingerprint density at radius 2 is 1.80 bits per heavy atom. The van der Waals surface area contributed by atoms with Gasteiger partial charge in [0.2, 0.25) is 0 Å². The molecule has 1 heterocycles. The first-order valence-corrected chi connectivity index (χ1v) is 7.19. The summed E-state index contributed by atoms with van der Waals surface area (Å²) in [5, 5.41) is 0. The zero-order chi connectivity index (χ0) is 18.2. The Morgan fingerprint density at radius 1 is 1.12 bits per heavy atom. The Kier molecular flexibility index (Phi) is 4.12. The number of aryl methyl sites for hydroxylation is 1. The lowest BCUT2D eigenvalue weighted by Crippen LogP contribution is -2.16. The quantitative estimate of drug-likeness (QED) is 0.672. The van der Waals surface area contributed by atoms with Crippen LogP contribution in [0.4, 0.5) is 13.2 Å². The number of methoxy groups -OCH3 is 1. The van der Waals surface area contributed by atoms with Gasteiger partial charge in [-0.1, -0.05) is 0 Å². The minimum absolute atomic E-state index is 0.303. The number of aromatic nitrogens is 2. The highest BCUT2D eigenvalue weighted by Gasteiger charge is 2.31. The molecule has 0 amide bonds. The largest absolute Gasteiger partial charge is 0.573 e. The summed E-state index contributed by atoms with van der Waals surface area (Å²) < 4.78 is 47.0. The van der Waals surface area contributed by atoms with Crippen molar-refractivity contribution in [3.8, 4) is 17.1 Å². The molecule has 5 nitrogen and oxygen atoms in total. The van der Waals surface area contributed by atoms with Crippen LogP contribution in [0.1, 0.15) is 10.4 Å². The Balaban J connectivity index is 1.98. The molecule has 130 valence electrons. The van der Waals surface area contributed by atoms with E-state index in [2.05, 4.69) is 9.72 Å². The molecule has 0 aliphatic carbocycles. The van der Waals surface area contributed by atoms with Crippen molar-refractivity contribution < 1.29 is 27.4 Å². The highest BCUT2D eigenvalue weighted by atomic mass is 19.4. The SMILES string of the molecule is COC(=O)c1ccc2nc(-c3ccc(OC(F)(F)F)cc3)n(C)c2c1. The predicted molar refractivity (Wildman–Crippen MR) is 84.2 cm³/mol. The molecule has 0 atom stereocenters. The minimum atomic E-state index is -4.73. The van der Waals surface area contributed by atoms with Gasteiger partial charge in [0.15, 0.2) is 0 Å². The summed E-state index contributed by atoms with van der Waals surface area (Å²) in [6.07, 6.45) is -4.73. The second kappa shape index (κ2) is 6.12. The predicted octanol–water partition coefficient (Wildman–Crippen LogP) is 3.93. The molecular weight excluding hydrogens is 337 g/mol. The Labute approximate surface area is 140 Å². The van der Waals surface area contributed by atoms with Crippen LogP contribution in [0, 0.1) is 0 Å². The van der Waals surface area contributed by atoms with Gasteiger partial charge in [-0.3, -0.25) is 0 Å². The first-order valence-electron chi connectivity index (χ1n) is 7.19. The number of carbonyl (C=O) groups is 1. The fourth-order valence-electron chi connectivity index (χ4n) is 2.50. The van der Waals surface area contributed by atoms with Gasteiger partial charge in [-0.05, 0) is 42.5 Å². The van der Waals surface area contributed by atoms with Crippen LogP contribution < -0.4 is 4.74 Å². The number of nitrogens with zero attached hydrogens (tertiary/aromatic N) is 2. The van der Waals surface area contributed by atoms with Gasteiger partial charge in [0.1, 0.15) is 11.6 Å². The minimum Gasteiger partial charge on any atom is -0.465 e. The van der Waals surface area contributed by atoms with Gasteiger partial charge in [-0.15, -0.1) is 13.2 Å². The maximum atomic E-state index is 12.2. The maximum Gasteiger partial charge on any atom is 0.573 e. The molecule has 25 heavy (non-hydrogen) atoms. The summed E-state index contributed by atoms with van der Waals surface area (Å²) >= 11 is 0. The molecule has 0 aliphatic heterocycles. The Bertz CT molecular complexity index is 931. The van der Waals surface area contributed by atoms with Crippen molar-refractivity contribution in [3.05, 3.63) is 48.0 Å². The zero-order valence-corrected chi connectivity index (χ0v) is 13.3. The number of fused-ring (bicyclic) bond motifs is 1. The molecule has 0 saturated heterocycles. The number of benzene rings is 2. The molecule has 0 N–H and O–H groups in total. The number of esters is 1. The van der Waals surface area contributed by atoms with Crippen LogP contribution in [0.15, 0.2) is 42.5 Å². The lowest BCUT2D eigenvalue weighted by molar-refractivity contribution is -0.274. The molecular formula is C17H13F3N2O3. The zero-order valence-electron chi connectivity index (χ0n) is 13.3. The van der Waals surface area contributed by atoms with E-state index in [0.717, 1.165) is 0 Å². The molecule has 0 aliphatic rings. The van der Waals surface area contributed by atoms with Crippen molar-refractivity contribution in [1.82, 2.24) is 9.55 Å². The number of halogens is 3. The molecule has 3 aromatic rings. The average molecular weight is 350 g/mol. The summed E-state index contributed by atoms with van der Waals surface area (Å²) in [5.74, 6) is -0.211. The molecule has 0 unspecified atom stereocenters. The normalized spacial score (nSPS) is 11.6. The molecule has 0 spiro atoms. The van der Waals surface area contributed by atoms with E-state index < -0.39 is 12.3 Å². The van der Waals surface area contributed by atoms with Crippen LogP contribution in [0.5, 0.6) is 5.75 Å². The number of alkyl halides is 3. The Morgan fingerprint density at radius 3 is 2.40 bits per heavy atom. The summed E-state index contributed by atoms with van der Waals surface area (Å²) in [4.78, 5) is 16.1. The fraction of sp³-hybridized carbons (Fsp3) is 0.176. The van der Waals surface area contributed by atoms with E-state index in [1.54, 1.807) is 29.8 Å². The molecule has 0 bridgehead atoms. The monoisotopic (exact) mass is 350 g/mol. The molecule has 3 rings (SSSR count). The van der Waals surface area contributed by atoms with Crippen LogP contribution in [-0.4, -0.2) is 29.0 Å². The third kappa shape index (κ3) is 3.42. The van der Waals surface area contributed by atoms with Crippen LogP contribution >= 0.6 is 0 Å². The van der Waals surface area contributed by atoms with E-state index in [1.165, 1.54) is 31.4 Å². The van der Waals surface area contributed by atoms with E-state index in [9.17, 15) is 18.0 Å². The summed E-state index contributed by atoms with van der Waals surface area (Å²) in [5.41, 5.74) is 2.36. The molecule has 0 radical (unpaired) electrons. The van der Waals surface area contributed by atoms with Gasteiger partial charge in [-0.2, -0.15) is 0 Å². The number of carbonyl (C=O) groups excluding carboxylic acids is 1. The molecule has 0 saturated carbocycles. The van der Waals surface area contributed by atoms with Gasteiger partial charge >= 0.3 is 12.3 Å². The first kappa shape index (κ1) is 16.8. The molecule has 2 aromatic carbocycles. The number of hydrogen-bond acceptors (Lipinski definition) is 4. The topological polar surface area (TPSA) is 53.4 Å². The van der Waals surface area contributed by atoms with Crippen LogP contribution in [0.3, 0.4) is 0 Å². The smallest absolute Gasteiger partial charge is 0.465 e. The highest BCUT2D eigenvalue weighted by Crippen LogP contribution is 2.28. The van der Waals surface area contributed by atoms with Crippen LogP contribution in [-0.2, 0) is 11.8 Å².